The van der Waals surface area contributed by atoms with Gasteiger partial charge < -0.3 is 15.0 Å². The van der Waals surface area contributed by atoms with Crippen molar-refractivity contribution in [2.24, 2.45) is 11.8 Å². The van der Waals surface area contributed by atoms with Gasteiger partial charge in [-0.05, 0) is 30.7 Å². The maximum absolute atomic E-state index is 12.8. The number of nitrogens with one attached hydrogen (secondary N) is 1. The van der Waals surface area contributed by atoms with Gasteiger partial charge in [0.25, 0.3) is 5.91 Å². The van der Waals surface area contributed by atoms with Gasteiger partial charge in [-0.1, -0.05) is 38.1 Å². The van der Waals surface area contributed by atoms with Gasteiger partial charge in [-0.3, -0.25) is 9.59 Å². The summed E-state index contributed by atoms with van der Waals surface area (Å²) < 4.78 is 5.55. The van der Waals surface area contributed by atoms with Crippen molar-refractivity contribution in [3.63, 3.8) is 0 Å². The number of morpholine rings is 1. The van der Waals surface area contributed by atoms with Gasteiger partial charge in [-0.2, -0.15) is 0 Å². The average Bonchev–Trinajstić information content (AvgIpc) is 2.68. The second kappa shape index (κ2) is 10.2. The molecule has 0 bridgehead atoms. The molecule has 1 aromatic rings. The van der Waals surface area contributed by atoms with E-state index in [1.807, 2.05) is 17.0 Å². The zero-order valence-electron chi connectivity index (χ0n) is 16.3. The van der Waals surface area contributed by atoms with Gasteiger partial charge in [0.15, 0.2) is 5.78 Å². The van der Waals surface area contributed by atoms with E-state index in [1.54, 1.807) is 0 Å². The zero-order chi connectivity index (χ0) is 18.5. The SMILES string of the molecule is CC(C)Cc1ccc(C(=O)C2CCN(C(=O)C3CNCCO3)CC2)cc1.Cl. The van der Waals surface area contributed by atoms with Gasteiger partial charge >= 0.3 is 0 Å². The molecule has 2 aliphatic rings. The van der Waals surface area contributed by atoms with Gasteiger partial charge in [0.2, 0.25) is 0 Å². The van der Waals surface area contributed by atoms with Gasteiger partial charge in [0.1, 0.15) is 6.10 Å². The predicted octanol–water partition coefficient (Wildman–Crippen LogP) is 2.72. The van der Waals surface area contributed by atoms with E-state index in [9.17, 15) is 9.59 Å². The molecule has 1 aromatic carbocycles. The fraction of sp³-hybridized carbons (Fsp3) is 0.619. The fourth-order valence-corrected chi connectivity index (χ4v) is 3.80. The van der Waals surface area contributed by atoms with Crippen LogP contribution in [0.4, 0.5) is 0 Å². The number of Topliss-reactive ketones (excluding diaryl/α,β-unsaturated/α-hetero) is 1. The molecule has 1 N–H and O–H groups in total. The monoisotopic (exact) mass is 394 g/mol. The first kappa shape index (κ1) is 21.9. The molecule has 1 amide bonds. The summed E-state index contributed by atoms with van der Waals surface area (Å²) in [6.07, 6.45) is 2.13. The summed E-state index contributed by atoms with van der Waals surface area (Å²) in [5, 5.41) is 3.19. The molecule has 2 fully saturated rings. The molecule has 150 valence electrons. The Balaban J connectivity index is 0.00000261. The highest BCUT2D eigenvalue weighted by Crippen LogP contribution is 2.23. The number of nitrogens with zero attached hydrogens (tertiary/aromatic N) is 1. The Bertz CT molecular complexity index is 619. The van der Waals surface area contributed by atoms with Crippen LogP contribution in [0.15, 0.2) is 24.3 Å². The number of rotatable bonds is 5. The smallest absolute Gasteiger partial charge is 0.253 e. The number of carbonyl (C=O) groups is 2. The molecule has 1 atom stereocenters. The van der Waals surface area contributed by atoms with Crippen LogP contribution in [0.25, 0.3) is 0 Å². The largest absolute Gasteiger partial charge is 0.366 e. The van der Waals surface area contributed by atoms with Crippen LogP contribution in [0.1, 0.15) is 42.6 Å². The molecule has 5 nitrogen and oxygen atoms in total. The Hall–Kier alpha value is -1.43. The number of carbonyl (C=O) groups excluding carboxylic acids is 2. The van der Waals surface area contributed by atoms with Crippen molar-refractivity contribution in [2.75, 3.05) is 32.8 Å². The molecule has 0 aliphatic carbocycles. The fourth-order valence-electron chi connectivity index (χ4n) is 3.80. The summed E-state index contributed by atoms with van der Waals surface area (Å²) in [5.41, 5.74) is 2.07. The standard InChI is InChI=1S/C21H30N2O3.ClH/c1-15(2)13-16-3-5-17(6-4-16)20(24)18-7-10-23(11-8-18)21(25)19-14-22-9-12-26-19;/h3-6,15,18-19,22H,7-14H2,1-2H3;1H. The van der Waals surface area contributed by atoms with E-state index in [0.29, 0.717) is 32.2 Å². The minimum Gasteiger partial charge on any atom is -0.366 e. The number of ketones is 1. The zero-order valence-corrected chi connectivity index (χ0v) is 17.1. The van der Waals surface area contributed by atoms with Crippen LogP contribution in [0.5, 0.6) is 0 Å². The lowest BCUT2D eigenvalue weighted by atomic mass is 9.88. The Morgan fingerprint density at radius 1 is 1.19 bits per heavy atom. The van der Waals surface area contributed by atoms with Crippen molar-refractivity contribution in [3.8, 4) is 0 Å². The lowest BCUT2D eigenvalue weighted by Gasteiger charge is -2.34. The first-order valence-corrected chi connectivity index (χ1v) is 9.79. The van der Waals surface area contributed by atoms with Crippen LogP contribution in [0, 0.1) is 11.8 Å². The van der Waals surface area contributed by atoms with E-state index in [2.05, 4.69) is 31.3 Å². The molecule has 2 aliphatic heterocycles. The van der Waals surface area contributed by atoms with Gasteiger partial charge in [-0.15, -0.1) is 12.4 Å². The van der Waals surface area contributed by atoms with Gasteiger partial charge in [0, 0.05) is 37.7 Å². The molecule has 0 aromatic heterocycles. The van der Waals surface area contributed by atoms with Crippen molar-refractivity contribution >= 4 is 24.1 Å². The molecule has 6 heteroatoms. The van der Waals surface area contributed by atoms with E-state index >= 15 is 0 Å². The summed E-state index contributed by atoms with van der Waals surface area (Å²) in [6.45, 7) is 7.64. The Morgan fingerprint density at radius 2 is 1.85 bits per heavy atom. The number of hydrogen-bond acceptors (Lipinski definition) is 4. The van der Waals surface area contributed by atoms with Crippen molar-refractivity contribution in [3.05, 3.63) is 35.4 Å². The van der Waals surface area contributed by atoms with Crippen molar-refractivity contribution in [2.45, 2.75) is 39.2 Å². The molecule has 0 saturated carbocycles. The number of amides is 1. The number of likely N-dealkylation sites (tertiary alicyclic amines) is 1. The molecule has 2 saturated heterocycles. The maximum Gasteiger partial charge on any atom is 0.253 e. The quantitative estimate of drug-likeness (QED) is 0.780. The predicted molar refractivity (Wildman–Crippen MR) is 108 cm³/mol. The third kappa shape index (κ3) is 5.77. The lowest BCUT2D eigenvalue weighted by molar-refractivity contribution is -0.146. The highest BCUT2D eigenvalue weighted by molar-refractivity contribution is 5.98. The topological polar surface area (TPSA) is 58.6 Å². The summed E-state index contributed by atoms with van der Waals surface area (Å²) in [5.74, 6) is 0.895. The van der Waals surface area contributed by atoms with Crippen molar-refractivity contribution in [1.29, 1.82) is 0 Å². The Labute approximate surface area is 168 Å². The Morgan fingerprint density at radius 3 is 2.41 bits per heavy atom. The summed E-state index contributed by atoms with van der Waals surface area (Å²) in [4.78, 5) is 27.1. The molecule has 1 unspecified atom stereocenters. The average molecular weight is 395 g/mol. The third-order valence-electron chi connectivity index (χ3n) is 5.26. The van der Waals surface area contributed by atoms with Crippen molar-refractivity contribution < 1.29 is 14.3 Å². The van der Waals surface area contributed by atoms with E-state index in [1.165, 1.54) is 5.56 Å². The second-order valence-electron chi connectivity index (χ2n) is 7.82. The van der Waals surface area contributed by atoms with E-state index in [4.69, 9.17) is 4.74 Å². The highest BCUT2D eigenvalue weighted by Gasteiger charge is 2.32. The Kier molecular flexibility index (Phi) is 8.27. The van der Waals surface area contributed by atoms with Gasteiger partial charge in [0.05, 0.1) is 6.61 Å². The number of benzene rings is 1. The van der Waals surface area contributed by atoms with E-state index < -0.39 is 0 Å². The van der Waals surface area contributed by atoms with E-state index in [0.717, 1.165) is 31.4 Å². The summed E-state index contributed by atoms with van der Waals surface area (Å²) >= 11 is 0. The van der Waals surface area contributed by atoms with Crippen LogP contribution in [0.3, 0.4) is 0 Å². The normalized spacial score (nSPS) is 21.0. The number of ether oxygens (including phenoxy) is 1. The molecule has 2 heterocycles. The molecule has 3 rings (SSSR count). The van der Waals surface area contributed by atoms with Crippen LogP contribution in [0.2, 0.25) is 0 Å². The minimum atomic E-state index is -0.371. The molecule has 0 spiro atoms. The molecular weight excluding hydrogens is 364 g/mol. The number of hydrogen-bond donors (Lipinski definition) is 1. The summed E-state index contributed by atoms with van der Waals surface area (Å²) in [7, 11) is 0. The van der Waals surface area contributed by atoms with E-state index in [-0.39, 0.29) is 36.1 Å². The maximum atomic E-state index is 12.8. The first-order valence-electron chi connectivity index (χ1n) is 9.79. The third-order valence-corrected chi connectivity index (χ3v) is 5.26. The molecule has 0 radical (unpaired) electrons. The van der Waals surface area contributed by atoms with Crippen LogP contribution in [-0.2, 0) is 16.0 Å². The number of piperidine rings is 1. The lowest BCUT2D eigenvalue weighted by Crippen LogP contribution is -2.51. The van der Waals surface area contributed by atoms with Crippen LogP contribution in [-0.4, -0.2) is 55.5 Å². The first-order chi connectivity index (χ1) is 12.5. The molecule has 27 heavy (non-hydrogen) atoms. The molecular formula is C21H31ClN2O3. The van der Waals surface area contributed by atoms with Crippen LogP contribution >= 0.6 is 12.4 Å². The van der Waals surface area contributed by atoms with Crippen LogP contribution < -0.4 is 5.32 Å². The highest BCUT2D eigenvalue weighted by atomic mass is 35.5. The second-order valence-corrected chi connectivity index (χ2v) is 7.82. The summed E-state index contributed by atoms with van der Waals surface area (Å²) in [6, 6.07) is 8.05. The van der Waals surface area contributed by atoms with Gasteiger partial charge in [-0.25, -0.2) is 0 Å². The number of halogens is 1. The minimum absolute atomic E-state index is 0. The van der Waals surface area contributed by atoms with Crippen molar-refractivity contribution in [1.82, 2.24) is 10.2 Å².